The lowest BCUT2D eigenvalue weighted by atomic mass is 10.1. The number of nitrogens with one attached hydrogen (secondary N) is 2. The Morgan fingerprint density at radius 1 is 1.22 bits per heavy atom. The molecule has 1 aliphatic heterocycles. The number of fused-ring (bicyclic) bond motifs is 1. The average Bonchev–Trinajstić information content (AvgIpc) is 3.01. The highest BCUT2D eigenvalue weighted by Gasteiger charge is 2.19. The van der Waals surface area contributed by atoms with E-state index < -0.39 is 0 Å². The molecule has 3 heterocycles. The molecule has 2 aromatic heterocycles. The molecule has 2 N–H and O–H groups in total. The van der Waals surface area contributed by atoms with Gasteiger partial charge in [-0.05, 0) is 44.1 Å². The van der Waals surface area contributed by atoms with Gasteiger partial charge in [0.15, 0.2) is 5.65 Å². The van der Waals surface area contributed by atoms with Crippen LogP contribution in [-0.4, -0.2) is 32.8 Å². The Morgan fingerprint density at radius 3 is 2.91 bits per heavy atom. The van der Waals surface area contributed by atoms with Crippen molar-refractivity contribution < 1.29 is 0 Å². The number of anilines is 2. The molecule has 1 saturated heterocycles. The first kappa shape index (κ1) is 14.6. The Morgan fingerprint density at radius 2 is 2.09 bits per heavy atom. The van der Waals surface area contributed by atoms with Gasteiger partial charge in [0.2, 0.25) is 0 Å². The van der Waals surface area contributed by atoms with E-state index in [0.29, 0.717) is 6.04 Å². The van der Waals surface area contributed by atoms with Crippen LogP contribution < -0.4 is 10.6 Å². The lowest BCUT2D eigenvalue weighted by Gasteiger charge is -2.23. The first-order chi connectivity index (χ1) is 11.3. The van der Waals surface area contributed by atoms with Crippen LogP contribution in [0.3, 0.4) is 0 Å². The predicted octanol–water partition coefficient (Wildman–Crippen LogP) is 3.26. The molecule has 0 saturated carbocycles. The largest absolute Gasteiger partial charge is 0.339 e. The smallest absolute Gasteiger partial charge is 0.163 e. The zero-order valence-corrected chi connectivity index (χ0v) is 14.1. The van der Waals surface area contributed by atoms with Crippen LogP contribution in [0.4, 0.5) is 11.5 Å². The van der Waals surface area contributed by atoms with Crippen molar-refractivity contribution in [2.24, 2.45) is 0 Å². The van der Waals surface area contributed by atoms with Gasteiger partial charge in [0.25, 0.3) is 0 Å². The maximum absolute atomic E-state index is 4.58. The Balaban J connectivity index is 1.69. The molecule has 0 spiro atoms. The van der Waals surface area contributed by atoms with Gasteiger partial charge in [0, 0.05) is 10.2 Å². The summed E-state index contributed by atoms with van der Waals surface area (Å²) in [4.78, 5) is 8.84. The Bertz CT molecular complexity index is 824. The maximum atomic E-state index is 4.58. The minimum atomic E-state index is 0.405. The number of piperidine rings is 1. The van der Waals surface area contributed by atoms with Crippen LogP contribution >= 0.6 is 15.9 Å². The minimum absolute atomic E-state index is 0.405. The molecule has 4 rings (SSSR count). The quantitative estimate of drug-likeness (QED) is 0.738. The van der Waals surface area contributed by atoms with E-state index in [1.165, 1.54) is 0 Å². The summed E-state index contributed by atoms with van der Waals surface area (Å²) in [7, 11) is 0. The number of nitrogens with zero attached hydrogens (tertiary/aromatic N) is 4. The molecule has 1 aliphatic rings. The number of hydrogen-bond acceptors (Lipinski definition) is 5. The third-order valence-corrected chi connectivity index (χ3v) is 4.63. The molecule has 23 heavy (non-hydrogen) atoms. The van der Waals surface area contributed by atoms with Crippen LogP contribution in [0, 0.1) is 0 Å². The fraction of sp³-hybridized carbons (Fsp3) is 0.312. The SMILES string of the molecule is Brc1cccc(Nc2ncnc3c2cnn3C2CCNCC2)c1. The van der Waals surface area contributed by atoms with Crippen LogP contribution in [0.1, 0.15) is 18.9 Å². The van der Waals surface area contributed by atoms with Gasteiger partial charge in [-0.15, -0.1) is 0 Å². The van der Waals surface area contributed by atoms with Crippen molar-refractivity contribution in [2.75, 3.05) is 18.4 Å². The zero-order chi connectivity index (χ0) is 15.6. The third kappa shape index (κ3) is 2.94. The summed E-state index contributed by atoms with van der Waals surface area (Å²) in [5, 5.41) is 12.3. The molecule has 7 heteroatoms. The van der Waals surface area contributed by atoms with E-state index in [4.69, 9.17) is 0 Å². The van der Waals surface area contributed by atoms with Gasteiger partial charge in [0.1, 0.15) is 12.1 Å². The van der Waals surface area contributed by atoms with Crippen LogP contribution in [0.2, 0.25) is 0 Å². The van der Waals surface area contributed by atoms with Gasteiger partial charge in [0.05, 0.1) is 17.6 Å². The molecule has 0 aliphatic carbocycles. The number of halogens is 1. The first-order valence-electron chi connectivity index (χ1n) is 7.73. The predicted molar refractivity (Wildman–Crippen MR) is 93.9 cm³/mol. The van der Waals surface area contributed by atoms with Gasteiger partial charge in [-0.1, -0.05) is 22.0 Å². The second kappa shape index (κ2) is 6.25. The monoisotopic (exact) mass is 372 g/mol. The summed E-state index contributed by atoms with van der Waals surface area (Å²) in [6.45, 7) is 2.06. The molecule has 1 aromatic carbocycles. The molecule has 0 bridgehead atoms. The topological polar surface area (TPSA) is 67.7 Å². The molecule has 6 nitrogen and oxygen atoms in total. The summed E-state index contributed by atoms with van der Waals surface area (Å²) in [5.74, 6) is 0.785. The van der Waals surface area contributed by atoms with Crippen molar-refractivity contribution >= 4 is 38.5 Å². The van der Waals surface area contributed by atoms with Crippen LogP contribution in [0.25, 0.3) is 11.0 Å². The Hall–Kier alpha value is -1.99. The summed E-state index contributed by atoms with van der Waals surface area (Å²) in [6.07, 6.45) is 5.62. The summed E-state index contributed by atoms with van der Waals surface area (Å²) in [5.41, 5.74) is 1.87. The van der Waals surface area contributed by atoms with Gasteiger partial charge in [-0.25, -0.2) is 14.6 Å². The molecular formula is C16H17BrN6. The number of benzene rings is 1. The van der Waals surface area contributed by atoms with Gasteiger partial charge in [-0.2, -0.15) is 5.10 Å². The van der Waals surface area contributed by atoms with Gasteiger partial charge >= 0.3 is 0 Å². The third-order valence-electron chi connectivity index (χ3n) is 4.13. The second-order valence-electron chi connectivity index (χ2n) is 5.67. The van der Waals surface area contributed by atoms with Crippen molar-refractivity contribution in [2.45, 2.75) is 18.9 Å². The summed E-state index contributed by atoms with van der Waals surface area (Å²) >= 11 is 3.49. The maximum Gasteiger partial charge on any atom is 0.163 e. The zero-order valence-electron chi connectivity index (χ0n) is 12.5. The van der Waals surface area contributed by atoms with Crippen LogP contribution in [-0.2, 0) is 0 Å². The van der Waals surface area contributed by atoms with E-state index in [9.17, 15) is 0 Å². The average molecular weight is 373 g/mol. The minimum Gasteiger partial charge on any atom is -0.339 e. The molecular weight excluding hydrogens is 356 g/mol. The first-order valence-corrected chi connectivity index (χ1v) is 8.52. The van der Waals surface area contributed by atoms with Crippen molar-refractivity contribution in [3.63, 3.8) is 0 Å². The summed E-state index contributed by atoms with van der Waals surface area (Å²) < 4.78 is 3.07. The summed E-state index contributed by atoms with van der Waals surface area (Å²) in [6, 6.07) is 8.42. The normalized spacial score (nSPS) is 15.9. The van der Waals surface area contributed by atoms with E-state index in [1.807, 2.05) is 35.1 Å². The highest BCUT2D eigenvalue weighted by Crippen LogP contribution is 2.27. The van der Waals surface area contributed by atoms with Crippen LogP contribution in [0.15, 0.2) is 41.3 Å². The lowest BCUT2D eigenvalue weighted by molar-refractivity contribution is 0.349. The molecule has 0 amide bonds. The van der Waals surface area contributed by atoms with E-state index >= 15 is 0 Å². The molecule has 0 atom stereocenters. The number of rotatable bonds is 3. The highest BCUT2D eigenvalue weighted by molar-refractivity contribution is 9.10. The lowest BCUT2D eigenvalue weighted by Crippen LogP contribution is -2.29. The fourth-order valence-corrected chi connectivity index (χ4v) is 3.38. The van der Waals surface area contributed by atoms with E-state index in [1.54, 1.807) is 6.33 Å². The van der Waals surface area contributed by atoms with Gasteiger partial charge < -0.3 is 10.6 Å². The van der Waals surface area contributed by atoms with Gasteiger partial charge in [-0.3, -0.25) is 0 Å². The molecule has 1 fully saturated rings. The van der Waals surface area contributed by atoms with Crippen molar-refractivity contribution in [1.29, 1.82) is 0 Å². The number of hydrogen-bond donors (Lipinski definition) is 2. The van der Waals surface area contributed by atoms with E-state index in [-0.39, 0.29) is 0 Å². The van der Waals surface area contributed by atoms with Crippen molar-refractivity contribution in [1.82, 2.24) is 25.1 Å². The Kier molecular flexibility index (Phi) is 3.97. The Labute approximate surface area is 142 Å². The molecule has 0 unspecified atom stereocenters. The molecule has 3 aromatic rings. The van der Waals surface area contributed by atoms with Crippen LogP contribution in [0.5, 0.6) is 0 Å². The second-order valence-corrected chi connectivity index (χ2v) is 6.58. The van der Waals surface area contributed by atoms with E-state index in [2.05, 4.69) is 41.6 Å². The highest BCUT2D eigenvalue weighted by atomic mass is 79.9. The standard InChI is InChI=1S/C16H17BrN6/c17-11-2-1-3-12(8-11)22-15-14-9-21-23(16(14)20-10-19-15)13-4-6-18-7-5-13/h1-3,8-10,13,18H,4-7H2,(H,19,20,22). The number of aromatic nitrogens is 4. The van der Waals surface area contributed by atoms with Crippen molar-refractivity contribution in [3.05, 3.63) is 41.3 Å². The molecule has 0 radical (unpaired) electrons. The molecule has 118 valence electrons. The van der Waals surface area contributed by atoms with Crippen molar-refractivity contribution in [3.8, 4) is 0 Å². The van der Waals surface area contributed by atoms with E-state index in [0.717, 1.165) is 52.9 Å². The fourth-order valence-electron chi connectivity index (χ4n) is 2.98.